The minimum atomic E-state index is -0.761. The summed E-state index contributed by atoms with van der Waals surface area (Å²) in [7, 11) is 0. The molecule has 2 atom stereocenters. The van der Waals surface area contributed by atoms with Gasteiger partial charge in [-0.3, -0.25) is 14.5 Å². The Balaban J connectivity index is 1.13. The summed E-state index contributed by atoms with van der Waals surface area (Å²) in [5, 5.41) is 4.41. The molecule has 0 spiro atoms. The highest BCUT2D eigenvalue weighted by Crippen LogP contribution is 2.47. The zero-order valence-electron chi connectivity index (χ0n) is 27.2. The second-order valence-corrected chi connectivity index (χ2v) is 14.8. The van der Waals surface area contributed by atoms with Crippen LogP contribution in [0.15, 0.2) is 147 Å². The van der Waals surface area contributed by atoms with Crippen molar-refractivity contribution in [1.29, 1.82) is 0 Å². The molecule has 7 nitrogen and oxygen atoms in total. The van der Waals surface area contributed by atoms with Gasteiger partial charge in [0.15, 0.2) is 6.10 Å². The van der Waals surface area contributed by atoms with E-state index in [2.05, 4.69) is 5.32 Å². The third kappa shape index (κ3) is 6.53. The first-order valence-electron chi connectivity index (χ1n) is 16.5. The number of carbonyl (C=O) groups excluding carboxylic acids is 3. The lowest BCUT2D eigenvalue weighted by molar-refractivity contribution is -0.154. The molecule has 1 fully saturated rings. The fourth-order valence-electron chi connectivity index (χ4n) is 6.56. The van der Waals surface area contributed by atoms with E-state index in [1.165, 1.54) is 28.4 Å². The maximum atomic E-state index is 14.4. The van der Waals surface area contributed by atoms with Crippen LogP contribution in [0.25, 0.3) is 21.9 Å². The van der Waals surface area contributed by atoms with Crippen LogP contribution in [0.5, 0.6) is 0 Å². The van der Waals surface area contributed by atoms with Gasteiger partial charge in [-0.15, -0.1) is 23.4 Å². The minimum absolute atomic E-state index is 0.153. The minimum Gasteiger partial charge on any atom is -0.456 e. The van der Waals surface area contributed by atoms with Crippen LogP contribution in [0.1, 0.15) is 28.4 Å². The number of nitrogens with zero attached hydrogens (tertiary/aromatic N) is 1. The molecule has 8 rings (SSSR count). The van der Waals surface area contributed by atoms with E-state index in [0.29, 0.717) is 22.1 Å². The Labute approximate surface area is 308 Å². The SMILES string of the molecule is O=C(Cc1ccccc1)N[C@@H]1C(=O)N2C(C(=O)OC(c3ccccc3)c3ccccc3)=C(Sc3ccc4c(c3)oc3c(CCl)cccc34)CS[C@H]12. The van der Waals surface area contributed by atoms with E-state index in [4.69, 9.17) is 20.8 Å². The molecular formula is C41H31ClN2O5S2. The number of fused-ring (bicyclic) bond motifs is 4. The van der Waals surface area contributed by atoms with Crippen LogP contribution in [0, 0.1) is 0 Å². The van der Waals surface area contributed by atoms with Crippen molar-refractivity contribution in [3.05, 3.63) is 160 Å². The smallest absolute Gasteiger partial charge is 0.356 e. The Kier molecular flexibility index (Phi) is 9.34. The zero-order valence-corrected chi connectivity index (χ0v) is 29.5. The number of halogens is 1. The van der Waals surface area contributed by atoms with Gasteiger partial charge in [0.1, 0.15) is 28.3 Å². The van der Waals surface area contributed by atoms with Gasteiger partial charge in [0.2, 0.25) is 5.91 Å². The molecule has 2 amide bonds. The molecule has 0 aliphatic carbocycles. The summed E-state index contributed by atoms with van der Waals surface area (Å²) in [5.41, 5.74) is 5.02. The highest BCUT2D eigenvalue weighted by atomic mass is 35.5. The molecule has 51 heavy (non-hydrogen) atoms. The molecule has 3 heterocycles. The van der Waals surface area contributed by atoms with Gasteiger partial charge in [0.05, 0.1) is 12.3 Å². The second kappa shape index (κ2) is 14.3. The molecule has 1 aromatic heterocycles. The first-order chi connectivity index (χ1) is 25.0. The van der Waals surface area contributed by atoms with Crippen molar-refractivity contribution in [2.75, 3.05) is 5.75 Å². The van der Waals surface area contributed by atoms with E-state index in [-0.39, 0.29) is 23.9 Å². The van der Waals surface area contributed by atoms with Gasteiger partial charge in [-0.1, -0.05) is 121 Å². The number of nitrogens with one attached hydrogen (secondary N) is 1. The normalized spacial score (nSPS) is 17.1. The number of alkyl halides is 1. The number of para-hydroxylation sites is 1. The topological polar surface area (TPSA) is 88.9 Å². The molecule has 1 N–H and O–H groups in total. The third-order valence-electron chi connectivity index (χ3n) is 9.02. The van der Waals surface area contributed by atoms with E-state index < -0.39 is 23.5 Å². The van der Waals surface area contributed by atoms with Crippen LogP contribution in [0.3, 0.4) is 0 Å². The molecule has 5 aromatic carbocycles. The Morgan fingerprint density at radius 1 is 0.882 bits per heavy atom. The van der Waals surface area contributed by atoms with Gasteiger partial charge in [-0.2, -0.15) is 0 Å². The van der Waals surface area contributed by atoms with Gasteiger partial charge in [-0.05, 0) is 34.9 Å². The Morgan fingerprint density at radius 3 is 2.25 bits per heavy atom. The summed E-state index contributed by atoms with van der Waals surface area (Å²) in [6, 6.07) is 39.6. The number of benzene rings is 5. The molecule has 0 radical (unpaired) electrons. The molecular weight excluding hydrogens is 700 g/mol. The van der Waals surface area contributed by atoms with Crippen molar-refractivity contribution in [3.8, 4) is 0 Å². The van der Waals surface area contributed by atoms with Crippen molar-refractivity contribution in [3.63, 3.8) is 0 Å². The quantitative estimate of drug-likeness (QED) is 0.0858. The summed E-state index contributed by atoms with van der Waals surface area (Å²) in [6.45, 7) is 0. The number of esters is 1. The lowest BCUT2D eigenvalue weighted by Crippen LogP contribution is -2.70. The van der Waals surface area contributed by atoms with Crippen LogP contribution < -0.4 is 5.32 Å². The number of thioether (sulfide) groups is 2. The van der Waals surface area contributed by atoms with Crippen LogP contribution in [-0.2, 0) is 31.4 Å². The summed E-state index contributed by atoms with van der Waals surface area (Å²) < 4.78 is 12.6. The lowest BCUT2D eigenvalue weighted by atomic mass is 10.0. The molecule has 1 saturated heterocycles. The van der Waals surface area contributed by atoms with Crippen molar-refractivity contribution in [2.24, 2.45) is 0 Å². The van der Waals surface area contributed by atoms with Crippen molar-refractivity contribution in [2.45, 2.75) is 34.7 Å². The molecule has 2 aliphatic heterocycles. The zero-order chi connectivity index (χ0) is 34.9. The summed E-state index contributed by atoms with van der Waals surface area (Å²) in [6.07, 6.45) is -0.548. The Morgan fingerprint density at radius 2 is 1.57 bits per heavy atom. The predicted octanol–water partition coefficient (Wildman–Crippen LogP) is 8.60. The first-order valence-corrected chi connectivity index (χ1v) is 18.9. The summed E-state index contributed by atoms with van der Waals surface area (Å²) in [4.78, 5) is 44.4. The number of furan rings is 1. The molecule has 0 bridgehead atoms. The van der Waals surface area contributed by atoms with Crippen molar-refractivity contribution in [1.82, 2.24) is 10.2 Å². The number of hydrogen-bond acceptors (Lipinski definition) is 7. The van der Waals surface area contributed by atoms with Crippen LogP contribution in [0.4, 0.5) is 0 Å². The number of β-lactam (4-membered cyclic amide) rings is 1. The predicted molar refractivity (Wildman–Crippen MR) is 202 cm³/mol. The molecule has 0 unspecified atom stereocenters. The van der Waals surface area contributed by atoms with Gasteiger partial charge in [0.25, 0.3) is 5.91 Å². The van der Waals surface area contributed by atoms with Gasteiger partial charge in [0, 0.05) is 31.9 Å². The molecule has 254 valence electrons. The number of amides is 2. The van der Waals surface area contributed by atoms with E-state index >= 15 is 0 Å². The summed E-state index contributed by atoms with van der Waals surface area (Å²) >= 11 is 9.11. The fraction of sp³-hybridized carbons (Fsp3) is 0.146. The molecule has 0 saturated carbocycles. The van der Waals surface area contributed by atoms with Gasteiger partial charge >= 0.3 is 5.97 Å². The molecule has 10 heteroatoms. The van der Waals surface area contributed by atoms with Crippen molar-refractivity contribution >= 4 is 74.8 Å². The van der Waals surface area contributed by atoms with Crippen LogP contribution >= 0.6 is 35.1 Å². The summed E-state index contributed by atoms with van der Waals surface area (Å²) in [5.74, 6) is -0.446. The maximum Gasteiger partial charge on any atom is 0.356 e. The van der Waals surface area contributed by atoms with Gasteiger partial charge < -0.3 is 14.5 Å². The highest BCUT2D eigenvalue weighted by Gasteiger charge is 2.54. The van der Waals surface area contributed by atoms with Crippen LogP contribution in [-0.4, -0.2) is 39.9 Å². The average Bonchev–Trinajstić information content (AvgIpc) is 3.55. The highest BCUT2D eigenvalue weighted by molar-refractivity contribution is 8.06. The average molecular weight is 731 g/mol. The molecule has 6 aromatic rings. The van der Waals surface area contributed by atoms with Crippen LogP contribution in [0.2, 0.25) is 0 Å². The number of rotatable bonds is 10. The standard InChI is InChI=1S/C41H31ClN2O5S2/c42-23-28-17-10-18-31-30-20-19-29(22-32(30)48-38(28)31)51-33-24-50-40-35(43-34(45)21-25-11-4-1-5-12-25)39(46)44(40)36(33)41(47)49-37(26-13-6-2-7-14-26)27-15-8-3-9-16-27/h1-20,22,35,37,40H,21,23-24H2,(H,43,45)/t35-,40-/m1/s1. The third-order valence-corrected chi connectivity index (χ3v) is 11.8. The first kappa shape index (κ1) is 33.2. The number of ether oxygens (including phenoxy) is 1. The maximum absolute atomic E-state index is 14.4. The van der Waals surface area contributed by atoms with E-state index in [0.717, 1.165) is 43.5 Å². The van der Waals surface area contributed by atoms with E-state index in [9.17, 15) is 14.4 Å². The Hall–Kier alpha value is -4.96. The van der Waals surface area contributed by atoms with Crippen molar-refractivity contribution < 1.29 is 23.5 Å². The fourth-order valence-corrected chi connectivity index (χ4v) is 9.27. The van der Waals surface area contributed by atoms with E-state index in [1.54, 1.807) is 0 Å². The van der Waals surface area contributed by atoms with Gasteiger partial charge in [-0.25, -0.2) is 4.79 Å². The number of carbonyl (C=O) groups is 3. The Bertz CT molecular complexity index is 2260. The largest absolute Gasteiger partial charge is 0.456 e. The lowest BCUT2D eigenvalue weighted by Gasteiger charge is -2.49. The monoisotopic (exact) mass is 730 g/mol. The van der Waals surface area contributed by atoms with E-state index in [1.807, 2.05) is 127 Å². The second-order valence-electron chi connectivity index (χ2n) is 12.3. The molecule has 2 aliphatic rings. The number of hydrogen-bond donors (Lipinski definition) is 1.